The molecule has 16 heavy (non-hydrogen) atoms. The van der Waals surface area contributed by atoms with Crippen LogP contribution in [0, 0.1) is 0 Å². The van der Waals surface area contributed by atoms with Gasteiger partial charge in [-0.3, -0.25) is 4.57 Å². The van der Waals surface area contributed by atoms with Crippen LogP contribution < -0.4 is 34.5 Å². The van der Waals surface area contributed by atoms with Crippen molar-refractivity contribution < 1.29 is 39.0 Å². The molecule has 0 aliphatic rings. The molecule has 0 saturated carbocycles. The SMILES string of the molecule is O=P[O-].[Na+].c1ccc(-c2ccccc2)cc1. The maximum absolute atomic E-state index is 8.35. The quantitative estimate of drug-likeness (QED) is 0.516. The maximum Gasteiger partial charge on any atom is 1.00 e. The van der Waals surface area contributed by atoms with Crippen molar-refractivity contribution in [3.63, 3.8) is 0 Å². The van der Waals surface area contributed by atoms with Crippen LogP contribution in [-0.4, -0.2) is 0 Å². The monoisotopic (exact) mass is 240 g/mol. The van der Waals surface area contributed by atoms with Crippen LogP contribution in [0.5, 0.6) is 0 Å². The largest absolute Gasteiger partial charge is 1.00 e. The normalized spacial score (nSPS) is 8.56. The predicted octanol–water partition coefficient (Wildman–Crippen LogP) is -0.0890. The minimum Gasteiger partial charge on any atom is -0.772 e. The summed E-state index contributed by atoms with van der Waals surface area (Å²) in [6.45, 7) is 0. The van der Waals surface area contributed by atoms with E-state index in [4.69, 9.17) is 9.46 Å². The summed E-state index contributed by atoms with van der Waals surface area (Å²) in [7, 11) is -1.08. The molecule has 0 aromatic heterocycles. The molecule has 0 fully saturated rings. The molecule has 2 aromatic rings. The summed E-state index contributed by atoms with van der Waals surface area (Å²) in [5.74, 6) is 0. The summed E-state index contributed by atoms with van der Waals surface area (Å²) >= 11 is 0. The molecule has 0 radical (unpaired) electrons. The van der Waals surface area contributed by atoms with Crippen molar-refractivity contribution in [2.75, 3.05) is 0 Å². The van der Waals surface area contributed by atoms with Gasteiger partial charge in [0.15, 0.2) is 0 Å². The Balaban J connectivity index is 0.000000511. The van der Waals surface area contributed by atoms with E-state index in [0.717, 1.165) is 0 Å². The molecule has 0 bridgehead atoms. The van der Waals surface area contributed by atoms with Crippen molar-refractivity contribution in [2.24, 2.45) is 0 Å². The number of benzene rings is 2. The fourth-order valence-corrected chi connectivity index (χ4v) is 1.26. The van der Waals surface area contributed by atoms with Crippen molar-refractivity contribution in [2.45, 2.75) is 0 Å². The minimum absolute atomic E-state index is 0. The molecule has 0 spiro atoms. The molecule has 0 amide bonds. The Hall–Kier alpha value is -0.500. The summed E-state index contributed by atoms with van der Waals surface area (Å²) in [5.41, 5.74) is 2.55. The van der Waals surface area contributed by atoms with E-state index in [1.54, 1.807) is 0 Å². The van der Waals surface area contributed by atoms with Gasteiger partial charge in [-0.25, -0.2) is 0 Å². The van der Waals surface area contributed by atoms with E-state index >= 15 is 0 Å². The Labute approximate surface area is 119 Å². The molecule has 0 heterocycles. The van der Waals surface area contributed by atoms with Gasteiger partial charge in [-0.1, -0.05) is 60.7 Å². The number of hydrogen-bond acceptors (Lipinski definition) is 2. The summed E-state index contributed by atoms with van der Waals surface area (Å²) in [6.07, 6.45) is 0. The Kier molecular flexibility index (Phi) is 9.40. The predicted molar refractivity (Wildman–Crippen MR) is 59.5 cm³/mol. The summed E-state index contributed by atoms with van der Waals surface area (Å²) in [4.78, 5) is 8.35. The van der Waals surface area contributed by atoms with Crippen LogP contribution in [-0.2, 0) is 4.57 Å². The second-order valence-electron chi connectivity index (χ2n) is 2.81. The molecular formula is C12H10NaO2P. The second-order valence-corrected chi connectivity index (χ2v) is 2.96. The van der Waals surface area contributed by atoms with Crippen molar-refractivity contribution in [1.82, 2.24) is 0 Å². The molecule has 0 aliphatic carbocycles. The van der Waals surface area contributed by atoms with E-state index in [1.165, 1.54) is 11.1 Å². The maximum atomic E-state index is 8.35. The topological polar surface area (TPSA) is 40.1 Å². The molecular weight excluding hydrogens is 230 g/mol. The fraction of sp³-hybridized carbons (Fsp3) is 0. The van der Waals surface area contributed by atoms with Crippen LogP contribution >= 0.6 is 8.69 Å². The van der Waals surface area contributed by atoms with E-state index in [0.29, 0.717) is 0 Å². The average molecular weight is 240 g/mol. The Bertz CT molecular complexity index is 355. The van der Waals surface area contributed by atoms with Crippen LogP contribution in [0.15, 0.2) is 60.7 Å². The van der Waals surface area contributed by atoms with Crippen LogP contribution in [0.1, 0.15) is 0 Å². The van der Waals surface area contributed by atoms with Crippen molar-refractivity contribution in [3.8, 4) is 11.1 Å². The standard InChI is InChI=1S/C12H10.Na.HO2P/c1-3-7-11(8-4-1)12-9-5-2-6-10-12;;1-3-2/h1-10H;;(H,1,2)/q;+1;/p-1. The Morgan fingerprint density at radius 3 is 1.25 bits per heavy atom. The van der Waals surface area contributed by atoms with Crippen molar-refractivity contribution in [3.05, 3.63) is 60.7 Å². The van der Waals surface area contributed by atoms with Gasteiger partial charge >= 0.3 is 29.6 Å². The van der Waals surface area contributed by atoms with E-state index < -0.39 is 8.69 Å². The zero-order valence-electron chi connectivity index (χ0n) is 9.04. The van der Waals surface area contributed by atoms with Crippen LogP contribution in [0.4, 0.5) is 0 Å². The first-order valence-corrected chi connectivity index (χ1v) is 5.17. The summed E-state index contributed by atoms with van der Waals surface area (Å²) < 4.78 is 8.35. The average Bonchev–Trinajstić information content (AvgIpc) is 2.32. The molecule has 2 rings (SSSR count). The van der Waals surface area contributed by atoms with Gasteiger partial charge in [0, 0.05) is 0 Å². The van der Waals surface area contributed by atoms with E-state index in [2.05, 4.69) is 48.5 Å². The Morgan fingerprint density at radius 1 is 0.750 bits per heavy atom. The van der Waals surface area contributed by atoms with Crippen LogP contribution in [0.2, 0.25) is 0 Å². The second kappa shape index (κ2) is 9.71. The van der Waals surface area contributed by atoms with Gasteiger partial charge in [0.05, 0.1) is 8.69 Å². The van der Waals surface area contributed by atoms with Gasteiger partial charge in [-0.05, 0) is 11.1 Å². The van der Waals surface area contributed by atoms with Gasteiger partial charge in [0.2, 0.25) is 0 Å². The summed E-state index contributed by atoms with van der Waals surface area (Å²) in [6, 6.07) is 20.8. The van der Waals surface area contributed by atoms with Crippen molar-refractivity contribution >= 4 is 8.69 Å². The summed E-state index contributed by atoms with van der Waals surface area (Å²) in [5, 5.41) is 0. The van der Waals surface area contributed by atoms with Gasteiger partial charge < -0.3 is 4.89 Å². The zero-order chi connectivity index (χ0) is 10.9. The van der Waals surface area contributed by atoms with Crippen LogP contribution in [0.25, 0.3) is 11.1 Å². The molecule has 4 heteroatoms. The first kappa shape index (κ1) is 15.5. The molecule has 2 aromatic carbocycles. The van der Waals surface area contributed by atoms with Crippen molar-refractivity contribution in [1.29, 1.82) is 0 Å². The molecule has 76 valence electrons. The third-order valence-corrected chi connectivity index (χ3v) is 1.88. The van der Waals surface area contributed by atoms with Gasteiger partial charge in [0.1, 0.15) is 0 Å². The number of hydrogen-bond donors (Lipinski definition) is 0. The molecule has 0 unspecified atom stereocenters. The molecule has 2 nitrogen and oxygen atoms in total. The molecule has 0 atom stereocenters. The van der Waals surface area contributed by atoms with Gasteiger partial charge in [0.25, 0.3) is 0 Å². The number of rotatable bonds is 1. The smallest absolute Gasteiger partial charge is 0.772 e. The van der Waals surface area contributed by atoms with E-state index in [9.17, 15) is 0 Å². The minimum atomic E-state index is -1.08. The fourth-order valence-electron chi connectivity index (χ4n) is 1.26. The first-order valence-electron chi connectivity index (χ1n) is 4.44. The van der Waals surface area contributed by atoms with E-state index in [-0.39, 0.29) is 29.6 Å². The van der Waals surface area contributed by atoms with Crippen LogP contribution in [0.3, 0.4) is 0 Å². The molecule has 0 N–H and O–H groups in total. The van der Waals surface area contributed by atoms with Gasteiger partial charge in [-0.2, -0.15) is 0 Å². The zero-order valence-corrected chi connectivity index (χ0v) is 11.9. The molecule has 0 saturated heterocycles. The first-order chi connectivity index (χ1) is 7.38. The molecule has 0 aliphatic heterocycles. The van der Waals surface area contributed by atoms with E-state index in [1.807, 2.05) is 12.1 Å². The Morgan fingerprint density at radius 2 is 1.00 bits per heavy atom. The van der Waals surface area contributed by atoms with Gasteiger partial charge in [-0.15, -0.1) is 0 Å². The third kappa shape index (κ3) is 5.55. The third-order valence-electron chi connectivity index (χ3n) is 1.88.